The van der Waals surface area contributed by atoms with E-state index in [1.54, 1.807) is 10.4 Å². The normalized spacial score (nSPS) is 10.1. The molecule has 128 valence electrons. The van der Waals surface area contributed by atoms with E-state index in [1.807, 2.05) is 19.2 Å². The van der Waals surface area contributed by atoms with Gasteiger partial charge in [0.2, 0.25) is 6.41 Å². The predicted octanol–water partition coefficient (Wildman–Crippen LogP) is 2.70. The Morgan fingerprint density at radius 1 is 1.04 bits per heavy atom. The Morgan fingerprint density at radius 2 is 1.71 bits per heavy atom. The molecule has 0 aliphatic carbocycles. The number of aryl methyl sites for hydroxylation is 3. The van der Waals surface area contributed by atoms with E-state index in [1.165, 1.54) is 27.8 Å². The average Bonchev–Trinajstić information content (AvgIpc) is 2.56. The first-order chi connectivity index (χ1) is 11.4. The lowest BCUT2D eigenvalue weighted by atomic mass is 10.0. The first-order valence-electron chi connectivity index (χ1n) is 7.63. The van der Waals surface area contributed by atoms with E-state index in [2.05, 4.69) is 63.0 Å². The fourth-order valence-electron chi connectivity index (χ4n) is 2.30. The van der Waals surface area contributed by atoms with Gasteiger partial charge in [0.1, 0.15) is 0 Å². The first kappa shape index (κ1) is 19.4. The van der Waals surface area contributed by atoms with Crippen molar-refractivity contribution in [3.05, 3.63) is 64.2 Å². The second-order valence-electron chi connectivity index (χ2n) is 5.60. The van der Waals surface area contributed by atoms with Crippen molar-refractivity contribution in [2.75, 3.05) is 12.1 Å². The highest BCUT2D eigenvalue weighted by molar-refractivity contribution is 5.79. The number of nitrogens with two attached hydrogens (primary N) is 2. The van der Waals surface area contributed by atoms with Crippen LogP contribution in [-0.2, 0) is 4.79 Å². The molecule has 2 aromatic rings. The lowest BCUT2D eigenvalue weighted by Crippen LogP contribution is -2.25. The Bertz CT molecular complexity index is 709. The van der Waals surface area contributed by atoms with E-state index in [4.69, 9.17) is 10.6 Å². The summed E-state index contributed by atoms with van der Waals surface area (Å²) in [6.07, 6.45) is 4.72. The molecule has 0 radical (unpaired) electrons. The molecule has 0 fully saturated rings. The molecule has 0 saturated heterocycles. The monoisotopic (exact) mass is 326 g/mol. The number of hydrogen-bond donors (Lipinski definition) is 3. The number of rotatable bonds is 4. The minimum Gasteiger partial charge on any atom is -0.314 e. The molecule has 1 amide bonds. The van der Waals surface area contributed by atoms with Crippen LogP contribution in [0, 0.1) is 20.8 Å². The van der Waals surface area contributed by atoms with E-state index in [0.717, 1.165) is 5.69 Å². The molecule has 5 heteroatoms. The molecule has 2 rings (SSSR count). The standard InChI is InChI=1S/C18H22N2.CH4N2O/c1-13-8-9-14(2)16(12-13)10-11-17-15(3)6-5-7-18(17)20(4)19;2-3-1-4/h5-12H,19H2,1-4H3;1H,2H2,(H,3,4)/b11-10+;. The molecule has 0 atom stereocenters. The number of benzene rings is 2. The van der Waals surface area contributed by atoms with Crippen LogP contribution < -0.4 is 22.1 Å². The Balaban J connectivity index is 0.000000648. The van der Waals surface area contributed by atoms with Crippen LogP contribution >= 0.6 is 0 Å². The van der Waals surface area contributed by atoms with Gasteiger partial charge in [-0.3, -0.25) is 10.2 Å². The van der Waals surface area contributed by atoms with Gasteiger partial charge in [-0.1, -0.05) is 48.0 Å². The van der Waals surface area contributed by atoms with Crippen LogP contribution in [0.25, 0.3) is 12.2 Å². The number of hydrazine groups is 2. The molecule has 2 aromatic carbocycles. The molecule has 0 aliphatic rings. The minimum atomic E-state index is 0.403. The second kappa shape index (κ2) is 9.50. The van der Waals surface area contributed by atoms with Gasteiger partial charge < -0.3 is 5.01 Å². The second-order valence-corrected chi connectivity index (χ2v) is 5.60. The molecular formula is C19H26N4O. The number of hydrogen-bond acceptors (Lipinski definition) is 4. The number of carbonyl (C=O) groups is 1. The fourth-order valence-corrected chi connectivity index (χ4v) is 2.30. The molecule has 0 spiro atoms. The van der Waals surface area contributed by atoms with Gasteiger partial charge in [-0.15, -0.1) is 0 Å². The maximum absolute atomic E-state index is 8.94. The van der Waals surface area contributed by atoms with Gasteiger partial charge in [0, 0.05) is 12.6 Å². The SMILES string of the molecule is Cc1ccc(C)c(/C=C/c2c(C)cccc2N(C)N)c1.NNC=O. The highest BCUT2D eigenvalue weighted by atomic mass is 16.1. The Kier molecular flexibility index (Phi) is 7.68. The number of amides is 1. The van der Waals surface area contributed by atoms with Crippen molar-refractivity contribution in [1.29, 1.82) is 0 Å². The third kappa shape index (κ3) is 5.53. The third-order valence-corrected chi connectivity index (χ3v) is 3.61. The largest absolute Gasteiger partial charge is 0.314 e. The summed E-state index contributed by atoms with van der Waals surface area (Å²) in [4.78, 5) is 8.94. The average molecular weight is 326 g/mol. The van der Waals surface area contributed by atoms with Crippen LogP contribution in [0.3, 0.4) is 0 Å². The lowest BCUT2D eigenvalue weighted by molar-refractivity contribution is -0.109. The van der Waals surface area contributed by atoms with Crippen LogP contribution in [0.2, 0.25) is 0 Å². The number of nitrogens with one attached hydrogen (secondary N) is 1. The summed E-state index contributed by atoms with van der Waals surface area (Å²) in [5.41, 5.74) is 8.98. The summed E-state index contributed by atoms with van der Waals surface area (Å²) in [5.74, 6) is 10.3. The van der Waals surface area contributed by atoms with Crippen LogP contribution in [0.4, 0.5) is 5.69 Å². The van der Waals surface area contributed by atoms with Crippen LogP contribution in [0.5, 0.6) is 0 Å². The summed E-state index contributed by atoms with van der Waals surface area (Å²) in [6, 6.07) is 12.7. The number of anilines is 1. The first-order valence-corrected chi connectivity index (χ1v) is 7.63. The van der Waals surface area contributed by atoms with Crippen molar-refractivity contribution >= 4 is 24.2 Å². The predicted molar refractivity (Wildman–Crippen MR) is 102 cm³/mol. The molecule has 5 N–H and O–H groups in total. The summed E-state index contributed by atoms with van der Waals surface area (Å²) in [6.45, 7) is 6.35. The van der Waals surface area contributed by atoms with Crippen LogP contribution in [0.1, 0.15) is 27.8 Å². The Labute approximate surface area is 143 Å². The van der Waals surface area contributed by atoms with Gasteiger partial charge >= 0.3 is 0 Å². The summed E-state index contributed by atoms with van der Waals surface area (Å²) >= 11 is 0. The zero-order valence-electron chi connectivity index (χ0n) is 14.7. The van der Waals surface area contributed by atoms with Crippen molar-refractivity contribution in [3.8, 4) is 0 Å². The fraction of sp³-hybridized carbons (Fsp3) is 0.211. The summed E-state index contributed by atoms with van der Waals surface area (Å²) in [7, 11) is 1.87. The molecule has 0 heterocycles. The minimum absolute atomic E-state index is 0.403. The maximum Gasteiger partial charge on any atom is 0.221 e. The molecule has 0 aliphatic heterocycles. The van der Waals surface area contributed by atoms with E-state index >= 15 is 0 Å². The van der Waals surface area contributed by atoms with Gasteiger partial charge in [0.05, 0.1) is 5.69 Å². The highest BCUT2D eigenvalue weighted by Gasteiger charge is 2.04. The van der Waals surface area contributed by atoms with Gasteiger partial charge in [-0.25, -0.2) is 11.7 Å². The van der Waals surface area contributed by atoms with E-state index < -0.39 is 0 Å². The maximum atomic E-state index is 8.94. The molecule has 24 heavy (non-hydrogen) atoms. The summed E-state index contributed by atoms with van der Waals surface area (Å²) in [5, 5.41) is 1.66. The molecule has 0 saturated carbocycles. The number of carbonyl (C=O) groups excluding carboxylic acids is 1. The van der Waals surface area contributed by atoms with Crippen LogP contribution in [-0.4, -0.2) is 13.5 Å². The smallest absolute Gasteiger partial charge is 0.221 e. The van der Waals surface area contributed by atoms with Crippen molar-refractivity contribution in [3.63, 3.8) is 0 Å². The molecule has 0 unspecified atom stereocenters. The van der Waals surface area contributed by atoms with E-state index in [9.17, 15) is 0 Å². The van der Waals surface area contributed by atoms with Crippen molar-refractivity contribution in [1.82, 2.24) is 5.43 Å². The molecule has 5 nitrogen and oxygen atoms in total. The Hall–Kier alpha value is -2.63. The Morgan fingerprint density at radius 3 is 2.29 bits per heavy atom. The molecule has 0 aromatic heterocycles. The van der Waals surface area contributed by atoms with Crippen molar-refractivity contribution < 1.29 is 4.79 Å². The van der Waals surface area contributed by atoms with Crippen molar-refractivity contribution in [2.24, 2.45) is 11.7 Å². The lowest BCUT2D eigenvalue weighted by Gasteiger charge is -2.16. The van der Waals surface area contributed by atoms with E-state index in [0.29, 0.717) is 6.41 Å². The quantitative estimate of drug-likeness (QED) is 0.265. The van der Waals surface area contributed by atoms with Gasteiger partial charge in [0.25, 0.3) is 0 Å². The zero-order chi connectivity index (χ0) is 18.1. The van der Waals surface area contributed by atoms with Gasteiger partial charge in [-0.05, 0) is 43.5 Å². The van der Waals surface area contributed by atoms with Crippen LogP contribution in [0.15, 0.2) is 36.4 Å². The zero-order valence-corrected chi connectivity index (χ0v) is 14.7. The topological polar surface area (TPSA) is 84.4 Å². The molecule has 0 bridgehead atoms. The van der Waals surface area contributed by atoms with Crippen molar-refractivity contribution in [2.45, 2.75) is 20.8 Å². The molecular weight excluding hydrogens is 300 g/mol. The third-order valence-electron chi connectivity index (χ3n) is 3.61. The highest BCUT2D eigenvalue weighted by Crippen LogP contribution is 2.24. The summed E-state index contributed by atoms with van der Waals surface area (Å²) < 4.78 is 0. The van der Waals surface area contributed by atoms with E-state index in [-0.39, 0.29) is 0 Å². The number of nitrogens with zero attached hydrogens (tertiary/aromatic N) is 1. The van der Waals surface area contributed by atoms with Gasteiger partial charge in [0.15, 0.2) is 0 Å². The van der Waals surface area contributed by atoms with Gasteiger partial charge in [-0.2, -0.15) is 0 Å².